The summed E-state index contributed by atoms with van der Waals surface area (Å²) in [5, 5.41) is 4.82. The Kier molecular flexibility index (Phi) is 3.97. The lowest BCUT2D eigenvalue weighted by Crippen LogP contribution is -2.26. The van der Waals surface area contributed by atoms with Gasteiger partial charge in [0.15, 0.2) is 5.69 Å². The Bertz CT molecular complexity index is 683. The van der Waals surface area contributed by atoms with Gasteiger partial charge in [-0.3, -0.25) is 9.48 Å². The molecular weight excluding hydrogens is 272 g/mol. The van der Waals surface area contributed by atoms with Gasteiger partial charge in [0.1, 0.15) is 12.1 Å². The van der Waals surface area contributed by atoms with Crippen LogP contribution in [0.15, 0.2) is 24.3 Å². The number of esters is 2. The summed E-state index contributed by atoms with van der Waals surface area (Å²) >= 11 is 0. The van der Waals surface area contributed by atoms with E-state index in [1.807, 2.05) is 6.07 Å². The van der Waals surface area contributed by atoms with Gasteiger partial charge in [0, 0.05) is 5.39 Å². The molecule has 1 heterocycles. The lowest BCUT2D eigenvalue weighted by atomic mass is 10.2. The van der Waals surface area contributed by atoms with E-state index in [4.69, 9.17) is 9.47 Å². The van der Waals surface area contributed by atoms with Crippen LogP contribution >= 0.6 is 0 Å². The van der Waals surface area contributed by atoms with E-state index >= 15 is 0 Å². The first-order valence-electron chi connectivity index (χ1n) is 6.57. The van der Waals surface area contributed by atoms with Crippen molar-refractivity contribution in [3.05, 3.63) is 30.0 Å². The third-order valence-corrected chi connectivity index (χ3v) is 2.74. The molecule has 0 aliphatic heterocycles. The number of ether oxygens (including phenoxy) is 2. The van der Waals surface area contributed by atoms with Crippen LogP contribution in [0.3, 0.4) is 0 Å². The lowest BCUT2D eigenvalue weighted by molar-refractivity contribution is -0.155. The van der Waals surface area contributed by atoms with Crippen molar-refractivity contribution in [1.29, 1.82) is 0 Å². The first-order valence-corrected chi connectivity index (χ1v) is 6.57. The Morgan fingerprint density at radius 3 is 2.52 bits per heavy atom. The maximum absolute atomic E-state index is 11.9. The molecule has 0 aliphatic carbocycles. The summed E-state index contributed by atoms with van der Waals surface area (Å²) in [5.41, 5.74) is 0.311. The molecule has 0 atom stereocenters. The van der Waals surface area contributed by atoms with Gasteiger partial charge in [-0.1, -0.05) is 18.2 Å². The summed E-state index contributed by atoms with van der Waals surface area (Å²) in [5.74, 6) is -0.943. The first-order chi connectivity index (χ1) is 9.81. The van der Waals surface area contributed by atoms with Crippen molar-refractivity contribution in [2.24, 2.45) is 0 Å². The third kappa shape index (κ3) is 3.39. The van der Waals surface area contributed by atoms with Crippen molar-refractivity contribution in [2.75, 3.05) is 7.11 Å². The van der Waals surface area contributed by atoms with Crippen molar-refractivity contribution in [2.45, 2.75) is 32.9 Å². The van der Waals surface area contributed by atoms with Crippen LogP contribution in [-0.2, 0) is 20.8 Å². The van der Waals surface area contributed by atoms with Gasteiger partial charge in [0.25, 0.3) is 0 Å². The molecule has 0 N–H and O–H groups in total. The number of hydrogen-bond acceptors (Lipinski definition) is 5. The molecule has 0 saturated heterocycles. The summed E-state index contributed by atoms with van der Waals surface area (Å²) in [6.07, 6.45) is 0. The molecule has 6 nitrogen and oxygen atoms in total. The number of methoxy groups -OCH3 is 1. The molecule has 1 aromatic heterocycles. The van der Waals surface area contributed by atoms with Crippen LogP contribution < -0.4 is 0 Å². The lowest BCUT2D eigenvalue weighted by Gasteiger charge is -2.19. The summed E-state index contributed by atoms with van der Waals surface area (Å²) in [6, 6.07) is 7.17. The van der Waals surface area contributed by atoms with E-state index in [2.05, 4.69) is 5.10 Å². The first kappa shape index (κ1) is 15.0. The standard InChI is InChI=1S/C15H18N2O4/c1-15(2,3)21-12(18)9-17-11-8-6-5-7-10(11)13(16-17)14(19)20-4/h5-8H,9H2,1-4H3. The second-order valence-electron chi connectivity index (χ2n) is 5.60. The number of aromatic nitrogens is 2. The minimum Gasteiger partial charge on any atom is -0.464 e. The second kappa shape index (κ2) is 5.55. The van der Waals surface area contributed by atoms with Crippen LogP contribution in [0.1, 0.15) is 31.3 Å². The minimum atomic E-state index is -0.564. The Morgan fingerprint density at radius 1 is 1.24 bits per heavy atom. The molecule has 0 spiro atoms. The molecule has 0 radical (unpaired) electrons. The van der Waals surface area contributed by atoms with E-state index in [-0.39, 0.29) is 12.2 Å². The zero-order chi connectivity index (χ0) is 15.6. The summed E-state index contributed by atoms with van der Waals surface area (Å²) < 4.78 is 11.4. The fraction of sp³-hybridized carbons (Fsp3) is 0.400. The molecule has 2 rings (SSSR count). The largest absolute Gasteiger partial charge is 0.464 e. The molecule has 1 aromatic carbocycles. The molecule has 0 bridgehead atoms. The summed E-state index contributed by atoms with van der Waals surface area (Å²) in [4.78, 5) is 23.7. The fourth-order valence-corrected chi connectivity index (χ4v) is 1.99. The zero-order valence-electron chi connectivity index (χ0n) is 12.5. The van der Waals surface area contributed by atoms with Crippen molar-refractivity contribution in [1.82, 2.24) is 9.78 Å². The molecule has 0 amide bonds. The Balaban J connectivity index is 2.36. The zero-order valence-corrected chi connectivity index (χ0v) is 12.5. The van der Waals surface area contributed by atoms with Crippen molar-refractivity contribution in [3.8, 4) is 0 Å². The summed E-state index contributed by atoms with van der Waals surface area (Å²) in [6.45, 7) is 5.33. The molecule has 0 aliphatic rings. The molecule has 21 heavy (non-hydrogen) atoms. The van der Waals surface area contributed by atoms with Gasteiger partial charge < -0.3 is 9.47 Å². The van der Waals surface area contributed by atoms with Gasteiger partial charge in [0.05, 0.1) is 12.6 Å². The van der Waals surface area contributed by atoms with Crippen molar-refractivity contribution < 1.29 is 19.1 Å². The maximum Gasteiger partial charge on any atom is 0.359 e. The average Bonchev–Trinajstić information content (AvgIpc) is 2.75. The minimum absolute atomic E-state index is 0.0607. The van der Waals surface area contributed by atoms with E-state index in [9.17, 15) is 9.59 Å². The van der Waals surface area contributed by atoms with Crippen molar-refractivity contribution in [3.63, 3.8) is 0 Å². The van der Waals surface area contributed by atoms with Crippen LogP contribution in [0.2, 0.25) is 0 Å². The predicted molar refractivity (Wildman–Crippen MR) is 76.9 cm³/mol. The van der Waals surface area contributed by atoms with Crippen LogP contribution in [0.25, 0.3) is 10.9 Å². The highest BCUT2D eigenvalue weighted by atomic mass is 16.6. The SMILES string of the molecule is COC(=O)c1nn(CC(=O)OC(C)(C)C)c2ccccc12. The third-order valence-electron chi connectivity index (χ3n) is 2.74. The van der Waals surface area contributed by atoms with E-state index in [1.165, 1.54) is 11.8 Å². The van der Waals surface area contributed by atoms with E-state index in [0.29, 0.717) is 10.9 Å². The van der Waals surface area contributed by atoms with E-state index in [0.717, 1.165) is 0 Å². The van der Waals surface area contributed by atoms with Crippen molar-refractivity contribution >= 4 is 22.8 Å². The van der Waals surface area contributed by atoms with Gasteiger partial charge in [-0.2, -0.15) is 5.10 Å². The fourth-order valence-electron chi connectivity index (χ4n) is 1.99. The number of rotatable bonds is 3. The van der Waals surface area contributed by atoms with Gasteiger partial charge in [0.2, 0.25) is 0 Å². The number of hydrogen-bond donors (Lipinski definition) is 0. The van der Waals surface area contributed by atoms with Gasteiger partial charge in [-0.05, 0) is 26.8 Å². The quantitative estimate of drug-likeness (QED) is 0.810. The molecular formula is C15H18N2O4. The van der Waals surface area contributed by atoms with Gasteiger partial charge in [-0.15, -0.1) is 0 Å². The van der Waals surface area contributed by atoms with Crippen LogP contribution in [-0.4, -0.2) is 34.4 Å². The molecule has 0 saturated carbocycles. The molecule has 112 valence electrons. The maximum atomic E-state index is 11.9. The second-order valence-corrected chi connectivity index (χ2v) is 5.60. The highest BCUT2D eigenvalue weighted by molar-refractivity contribution is 6.02. The van der Waals surface area contributed by atoms with Crippen LogP contribution in [0.5, 0.6) is 0 Å². The van der Waals surface area contributed by atoms with Crippen LogP contribution in [0.4, 0.5) is 0 Å². The molecule has 6 heteroatoms. The highest BCUT2D eigenvalue weighted by Gasteiger charge is 2.21. The number of benzene rings is 1. The molecule has 2 aromatic rings. The number of carbonyl (C=O) groups excluding carboxylic acids is 2. The number of carbonyl (C=O) groups is 2. The number of fused-ring (bicyclic) bond motifs is 1. The van der Waals surface area contributed by atoms with Crippen LogP contribution in [0, 0.1) is 0 Å². The van der Waals surface area contributed by atoms with Gasteiger partial charge in [-0.25, -0.2) is 4.79 Å². The topological polar surface area (TPSA) is 70.4 Å². The van der Waals surface area contributed by atoms with E-state index < -0.39 is 17.5 Å². The average molecular weight is 290 g/mol. The number of para-hydroxylation sites is 1. The Morgan fingerprint density at radius 2 is 1.90 bits per heavy atom. The Labute approximate surface area is 122 Å². The summed E-state index contributed by atoms with van der Waals surface area (Å²) in [7, 11) is 1.30. The van der Waals surface area contributed by atoms with E-state index in [1.54, 1.807) is 39.0 Å². The Hall–Kier alpha value is -2.37. The number of nitrogens with zero attached hydrogens (tertiary/aromatic N) is 2. The smallest absolute Gasteiger partial charge is 0.359 e. The monoisotopic (exact) mass is 290 g/mol. The highest BCUT2D eigenvalue weighted by Crippen LogP contribution is 2.19. The predicted octanol–water partition coefficient (Wildman–Crippen LogP) is 2.16. The molecule has 0 fully saturated rings. The van der Waals surface area contributed by atoms with Gasteiger partial charge >= 0.3 is 11.9 Å². The normalized spacial score (nSPS) is 11.4. The molecule has 0 unspecified atom stereocenters.